The van der Waals surface area contributed by atoms with Crippen molar-refractivity contribution in [3.05, 3.63) is 17.5 Å². The summed E-state index contributed by atoms with van der Waals surface area (Å²) in [5.74, 6) is -0.153. The summed E-state index contributed by atoms with van der Waals surface area (Å²) in [7, 11) is 0. The van der Waals surface area contributed by atoms with Gasteiger partial charge in [-0.3, -0.25) is 9.59 Å². The summed E-state index contributed by atoms with van der Waals surface area (Å²) in [6, 6.07) is 0. The van der Waals surface area contributed by atoms with E-state index in [-0.39, 0.29) is 18.2 Å². The largest absolute Gasteiger partial charge is 0.481 e. The van der Waals surface area contributed by atoms with Crippen LogP contribution in [-0.4, -0.2) is 40.1 Å². The highest BCUT2D eigenvalue weighted by molar-refractivity contribution is 5.94. The fourth-order valence-corrected chi connectivity index (χ4v) is 2.26. The maximum atomic E-state index is 12.1. The first kappa shape index (κ1) is 12.6. The molecule has 2 rings (SSSR count). The number of likely N-dealkylation sites (tertiary alicyclic amines) is 1. The van der Waals surface area contributed by atoms with E-state index in [1.807, 2.05) is 0 Å². The molecular weight excluding hydrogens is 236 g/mol. The molecule has 0 radical (unpaired) electrons. The van der Waals surface area contributed by atoms with Crippen LogP contribution in [0.1, 0.15) is 35.4 Å². The molecule has 0 aliphatic carbocycles. The quantitative estimate of drug-likeness (QED) is 0.876. The molecule has 1 saturated heterocycles. The van der Waals surface area contributed by atoms with Crippen LogP contribution in [0.5, 0.6) is 0 Å². The minimum atomic E-state index is -0.769. The van der Waals surface area contributed by atoms with E-state index >= 15 is 0 Å². The molecule has 1 N–H and O–H groups in total. The molecule has 6 heteroatoms. The fourth-order valence-electron chi connectivity index (χ4n) is 2.26. The number of hydrogen-bond donors (Lipinski definition) is 1. The second-order valence-corrected chi connectivity index (χ2v) is 4.63. The molecule has 18 heavy (non-hydrogen) atoms. The summed E-state index contributed by atoms with van der Waals surface area (Å²) in [4.78, 5) is 24.5. The average molecular weight is 252 g/mol. The second-order valence-electron chi connectivity index (χ2n) is 4.63. The van der Waals surface area contributed by atoms with E-state index in [4.69, 9.17) is 9.63 Å². The molecule has 0 saturated carbocycles. The van der Waals surface area contributed by atoms with Crippen molar-refractivity contribution in [2.75, 3.05) is 13.1 Å². The zero-order valence-electron chi connectivity index (χ0n) is 10.3. The molecule has 0 bridgehead atoms. The lowest BCUT2D eigenvalue weighted by atomic mass is 9.93. The Morgan fingerprint density at radius 1 is 1.50 bits per heavy atom. The molecule has 1 amide bonds. The molecular formula is C12H16N2O4. The van der Waals surface area contributed by atoms with Gasteiger partial charge < -0.3 is 14.5 Å². The number of carbonyl (C=O) groups is 2. The van der Waals surface area contributed by atoms with Crippen LogP contribution in [0.2, 0.25) is 0 Å². The zero-order chi connectivity index (χ0) is 13.1. The van der Waals surface area contributed by atoms with Crippen molar-refractivity contribution in [1.29, 1.82) is 0 Å². The van der Waals surface area contributed by atoms with Gasteiger partial charge in [0.25, 0.3) is 5.91 Å². The number of piperidine rings is 1. The maximum absolute atomic E-state index is 12.1. The van der Waals surface area contributed by atoms with Crippen LogP contribution in [0.3, 0.4) is 0 Å². The van der Waals surface area contributed by atoms with Gasteiger partial charge in [0.05, 0.1) is 6.20 Å². The van der Waals surface area contributed by atoms with Gasteiger partial charge in [0.1, 0.15) is 11.3 Å². The van der Waals surface area contributed by atoms with Gasteiger partial charge in [0, 0.05) is 19.5 Å². The van der Waals surface area contributed by atoms with Crippen LogP contribution < -0.4 is 0 Å². The Hall–Kier alpha value is -1.85. The first-order valence-corrected chi connectivity index (χ1v) is 6.00. The lowest BCUT2D eigenvalue weighted by molar-refractivity contribution is -0.138. The monoisotopic (exact) mass is 252 g/mol. The number of aliphatic carboxylic acids is 1. The van der Waals surface area contributed by atoms with Gasteiger partial charge in [-0.25, -0.2) is 0 Å². The number of aryl methyl sites for hydroxylation is 1. The van der Waals surface area contributed by atoms with Crippen molar-refractivity contribution >= 4 is 11.9 Å². The van der Waals surface area contributed by atoms with Crippen LogP contribution >= 0.6 is 0 Å². The van der Waals surface area contributed by atoms with Crippen molar-refractivity contribution in [2.24, 2.45) is 5.92 Å². The molecule has 0 atom stereocenters. The lowest BCUT2D eigenvalue weighted by Gasteiger charge is -2.31. The highest BCUT2D eigenvalue weighted by atomic mass is 16.5. The Morgan fingerprint density at radius 2 is 2.17 bits per heavy atom. The highest BCUT2D eigenvalue weighted by Crippen LogP contribution is 2.22. The third-order valence-corrected chi connectivity index (χ3v) is 3.35. The molecule has 0 aromatic carbocycles. The molecule has 0 unspecified atom stereocenters. The van der Waals surface area contributed by atoms with E-state index in [0.717, 1.165) is 12.8 Å². The van der Waals surface area contributed by atoms with Crippen molar-refractivity contribution in [3.63, 3.8) is 0 Å². The van der Waals surface area contributed by atoms with E-state index in [2.05, 4.69) is 5.16 Å². The van der Waals surface area contributed by atoms with Crippen LogP contribution in [0.15, 0.2) is 10.7 Å². The topological polar surface area (TPSA) is 83.6 Å². The van der Waals surface area contributed by atoms with Gasteiger partial charge in [-0.1, -0.05) is 5.16 Å². The number of carboxylic acids is 1. The predicted octanol–water partition coefficient (Wildman–Crippen LogP) is 1.31. The summed E-state index contributed by atoms with van der Waals surface area (Å²) in [5, 5.41) is 12.3. The van der Waals surface area contributed by atoms with Crippen molar-refractivity contribution < 1.29 is 19.2 Å². The van der Waals surface area contributed by atoms with E-state index in [1.54, 1.807) is 11.8 Å². The summed E-state index contributed by atoms with van der Waals surface area (Å²) >= 11 is 0. The smallest absolute Gasteiger partial charge is 0.303 e. The van der Waals surface area contributed by atoms with Crippen LogP contribution in [-0.2, 0) is 4.79 Å². The minimum absolute atomic E-state index is 0.0810. The summed E-state index contributed by atoms with van der Waals surface area (Å²) in [5.41, 5.74) is 0.492. The number of carboxylic acid groups (broad SMARTS) is 1. The first-order valence-electron chi connectivity index (χ1n) is 6.00. The molecule has 1 aliphatic heterocycles. The highest BCUT2D eigenvalue weighted by Gasteiger charge is 2.26. The fraction of sp³-hybridized carbons (Fsp3) is 0.583. The SMILES string of the molecule is Cc1oncc1C(=O)N1CCC(CC(=O)O)CC1. The average Bonchev–Trinajstić information content (AvgIpc) is 2.75. The number of hydrogen-bond acceptors (Lipinski definition) is 4. The molecule has 2 heterocycles. The van der Waals surface area contributed by atoms with Crippen LogP contribution in [0.25, 0.3) is 0 Å². The van der Waals surface area contributed by atoms with Crippen molar-refractivity contribution in [1.82, 2.24) is 10.1 Å². The van der Waals surface area contributed by atoms with Gasteiger partial charge >= 0.3 is 5.97 Å². The van der Waals surface area contributed by atoms with Gasteiger partial charge in [-0.15, -0.1) is 0 Å². The third-order valence-electron chi connectivity index (χ3n) is 3.35. The summed E-state index contributed by atoms with van der Waals surface area (Å²) < 4.78 is 4.87. The lowest BCUT2D eigenvalue weighted by Crippen LogP contribution is -2.39. The number of rotatable bonds is 3. The predicted molar refractivity (Wildman–Crippen MR) is 62.1 cm³/mol. The van der Waals surface area contributed by atoms with E-state index in [1.165, 1.54) is 6.20 Å². The molecule has 1 aromatic heterocycles. The Kier molecular flexibility index (Phi) is 3.64. The van der Waals surface area contributed by atoms with E-state index in [0.29, 0.717) is 24.4 Å². The molecule has 6 nitrogen and oxygen atoms in total. The number of nitrogens with zero attached hydrogens (tertiary/aromatic N) is 2. The molecule has 98 valence electrons. The maximum Gasteiger partial charge on any atom is 0.303 e. The Bertz CT molecular complexity index is 447. The normalized spacial score (nSPS) is 16.8. The van der Waals surface area contributed by atoms with E-state index < -0.39 is 5.97 Å². The minimum Gasteiger partial charge on any atom is -0.481 e. The molecule has 0 spiro atoms. The number of carbonyl (C=O) groups excluding carboxylic acids is 1. The van der Waals surface area contributed by atoms with Gasteiger partial charge in [-0.05, 0) is 25.7 Å². The standard InChI is InChI=1S/C12H16N2O4/c1-8-10(7-13-18-8)12(17)14-4-2-9(3-5-14)6-11(15)16/h7,9H,2-6H2,1H3,(H,15,16). The molecule has 1 aliphatic rings. The molecule has 1 aromatic rings. The summed E-state index contributed by atoms with van der Waals surface area (Å²) in [6.07, 6.45) is 3.10. The van der Waals surface area contributed by atoms with Gasteiger partial charge in [0.2, 0.25) is 0 Å². The number of aromatic nitrogens is 1. The zero-order valence-corrected chi connectivity index (χ0v) is 10.3. The van der Waals surface area contributed by atoms with Crippen LogP contribution in [0, 0.1) is 12.8 Å². The first-order chi connectivity index (χ1) is 8.58. The van der Waals surface area contributed by atoms with Gasteiger partial charge in [0.15, 0.2) is 0 Å². The Morgan fingerprint density at radius 3 is 2.67 bits per heavy atom. The Balaban J connectivity index is 1.92. The van der Waals surface area contributed by atoms with Gasteiger partial charge in [-0.2, -0.15) is 0 Å². The molecule has 1 fully saturated rings. The Labute approximate surface area is 105 Å². The summed E-state index contributed by atoms with van der Waals surface area (Å²) in [6.45, 7) is 2.90. The van der Waals surface area contributed by atoms with E-state index in [9.17, 15) is 9.59 Å². The van der Waals surface area contributed by atoms with Crippen LogP contribution in [0.4, 0.5) is 0 Å². The number of amides is 1. The second kappa shape index (κ2) is 5.20. The van der Waals surface area contributed by atoms with Crippen molar-refractivity contribution in [3.8, 4) is 0 Å². The van der Waals surface area contributed by atoms with Crippen molar-refractivity contribution in [2.45, 2.75) is 26.2 Å². The third kappa shape index (κ3) is 2.69.